The van der Waals surface area contributed by atoms with Crippen LogP contribution < -0.4 is 15.2 Å². The van der Waals surface area contributed by atoms with E-state index in [4.69, 9.17) is 15.2 Å². The number of thioether (sulfide) groups is 1. The summed E-state index contributed by atoms with van der Waals surface area (Å²) in [5.74, 6) is 1.49. The van der Waals surface area contributed by atoms with Gasteiger partial charge in [0.1, 0.15) is 0 Å². The Hall–Kier alpha value is -1.65. The van der Waals surface area contributed by atoms with E-state index in [1.165, 1.54) is 10.5 Å². The Morgan fingerprint density at radius 1 is 1.05 bits per heavy atom. The fourth-order valence-electron chi connectivity index (χ4n) is 2.31. The number of hydrogen-bond acceptors (Lipinski definition) is 4. The summed E-state index contributed by atoms with van der Waals surface area (Å²) < 4.78 is 10.7. The molecule has 0 heterocycles. The van der Waals surface area contributed by atoms with Gasteiger partial charge in [-0.1, -0.05) is 30.3 Å². The van der Waals surface area contributed by atoms with Gasteiger partial charge in [-0.15, -0.1) is 11.8 Å². The minimum Gasteiger partial charge on any atom is -0.493 e. The number of ether oxygens (including phenoxy) is 2. The van der Waals surface area contributed by atoms with Crippen LogP contribution in [0, 0.1) is 0 Å². The Kier molecular flexibility index (Phi) is 5.53. The van der Waals surface area contributed by atoms with Crippen LogP contribution in [0.3, 0.4) is 0 Å². The largest absolute Gasteiger partial charge is 0.493 e. The molecule has 2 aromatic carbocycles. The van der Waals surface area contributed by atoms with Gasteiger partial charge in [0.25, 0.3) is 0 Å². The van der Waals surface area contributed by atoms with Gasteiger partial charge >= 0.3 is 0 Å². The van der Waals surface area contributed by atoms with Crippen molar-refractivity contribution in [3.05, 3.63) is 53.6 Å². The summed E-state index contributed by atoms with van der Waals surface area (Å²) in [4.78, 5) is 1.17. The van der Waals surface area contributed by atoms with Crippen molar-refractivity contribution in [2.45, 2.75) is 17.4 Å². The van der Waals surface area contributed by atoms with Crippen LogP contribution in [-0.4, -0.2) is 20.5 Å². The van der Waals surface area contributed by atoms with Crippen molar-refractivity contribution in [2.75, 3.05) is 20.5 Å². The minimum atomic E-state index is -0.0322. The topological polar surface area (TPSA) is 44.5 Å². The summed E-state index contributed by atoms with van der Waals surface area (Å²) >= 11 is 1.69. The number of nitrogens with two attached hydrogens (primary N) is 1. The Labute approximate surface area is 130 Å². The molecule has 3 nitrogen and oxygen atoms in total. The third-order valence-corrected chi connectivity index (χ3v) is 4.27. The lowest BCUT2D eigenvalue weighted by Crippen LogP contribution is -2.13. The van der Waals surface area contributed by atoms with Crippen molar-refractivity contribution in [3.63, 3.8) is 0 Å². The van der Waals surface area contributed by atoms with Crippen LogP contribution in [0.1, 0.15) is 17.2 Å². The Morgan fingerprint density at radius 3 is 2.24 bits per heavy atom. The van der Waals surface area contributed by atoms with Gasteiger partial charge in [-0.3, -0.25) is 0 Å². The average Bonchev–Trinajstić information content (AvgIpc) is 2.55. The van der Waals surface area contributed by atoms with Gasteiger partial charge < -0.3 is 15.2 Å². The van der Waals surface area contributed by atoms with Gasteiger partial charge in [0.05, 0.1) is 14.2 Å². The highest BCUT2D eigenvalue weighted by Gasteiger charge is 2.14. The van der Waals surface area contributed by atoms with E-state index >= 15 is 0 Å². The zero-order valence-corrected chi connectivity index (χ0v) is 13.4. The molecule has 2 rings (SSSR count). The molecule has 0 aliphatic heterocycles. The van der Waals surface area contributed by atoms with Gasteiger partial charge in [0.15, 0.2) is 11.5 Å². The number of methoxy groups -OCH3 is 2. The molecule has 0 spiro atoms. The maximum Gasteiger partial charge on any atom is 0.161 e. The molecule has 0 aromatic heterocycles. The molecule has 1 atom stereocenters. The van der Waals surface area contributed by atoms with E-state index in [9.17, 15) is 0 Å². The van der Waals surface area contributed by atoms with E-state index in [2.05, 4.69) is 18.4 Å². The first kappa shape index (κ1) is 15.7. The summed E-state index contributed by atoms with van der Waals surface area (Å²) in [5.41, 5.74) is 8.65. The predicted octanol–water partition coefficient (Wildman–Crippen LogP) is 3.67. The Morgan fingerprint density at radius 2 is 1.67 bits per heavy atom. The van der Waals surface area contributed by atoms with Crippen molar-refractivity contribution in [1.29, 1.82) is 0 Å². The molecule has 21 heavy (non-hydrogen) atoms. The molecule has 1 unspecified atom stereocenters. The van der Waals surface area contributed by atoms with Crippen molar-refractivity contribution >= 4 is 11.8 Å². The first-order chi connectivity index (χ1) is 10.2. The first-order valence-electron chi connectivity index (χ1n) is 6.79. The lowest BCUT2D eigenvalue weighted by atomic mass is 9.99. The maximum atomic E-state index is 6.33. The maximum absolute atomic E-state index is 6.33. The quantitative estimate of drug-likeness (QED) is 0.827. The molecule has 112 valence electrons. The van der Waals surface area contributed by atoms with Crippen LogP contribution >= 0.6 is 11.8 Å². The normalized spacial score (nSPS) is 12.0. The minimum absolute atomic E-state index is 0.0322. The second-order valence-corrected chi connectivity index (χ2v) is 5.59. The highest BCUT2D eigenvalue weighted by atomic mass is 32.2. The molecule has 0 bridgehead atoms. The third kappa shape index (κ3) is 3.71. The zero-order chi connectivity index (χ0) is 15.2. The molecule has 2 aromatic rings. The molecule has 4 heteroatoms. The van der Waals surface area contributed by atoms with E-state index in [-0.39, 0.29) is 6.04 Å². The van der Waals surface area contributed by atoms with Crippen molar-refractivity contribution in [2.24, 2.45) is 5.73 Å². The molecule has 0 saturated carbocycles. The van der Waals surface area contributed by atoms with Gasteiger partial charge in [-0.05, 0) is 35.9 Å². The van der Waals surface area contributed by atoms with E-state index in [0.717, 1.165) is 23.5 Å². The summed E-state index contributed by atoms with van der Waals surface area (Å²) in [7, 11) is 3.30. The fraction of sp³-hybridized carbons (Fsp3) is 0.294. The average molecular weight is 303 g/mol. The number of benzene rings is 2. The predicted molar refractivity (Wildman–Crippen MR) is 88.4 cm³/mol. The Balaban J connectivity index is 2.30. The van der Waals surface area contributed by atoms with Crippen LogP contribution in [0.4, 0.5) is 0 Å². The molecular formula is C17H21NO2S. The van der Waals surface area contributed by atoms with Crippen LogP contribution in [0.5, 0.6) is 11.5 Å². The highest BCUT2D eigenvalue weighted by Crippen LogP contribution is 2.36. The fourth-order valence-corrected chi connectivity index (χ4v) is 2.94. The molecular weight excluding hydrogens is 282 g/mol. The zero-order valence-electron chi connectivity index (χ0n) is 12.6. The smallest absolute Gasteiger partial charge is 0.161 e. The van der Waals surface area contributed by atoms with Crippen LogP contribution in [-0.2, 0) is 6.42 Å². The first-order valence-corrected chi connectivity index (χ1v) is 8.01. The van der Waals surface area contributed by atoms with Crippen molar-refractivity contribution in [3.8, 4) is 11.5 Å². The highest BCUT2D eigenvalue weighted by molar-refractivity contribution is 7.98. The van der Waals surface area contributed by atoms with Gasteiger partial charge in [0.2, 0.25) is 0 Å². The summed E-state index contributed by atoms with van der Waals surface area (Å²) in [6, 6.07) is 14.1. The van der Waals surface area contributed by atoms with Gasteiger partial charge in [0, 0.05) is 10.9 Å². The Bertz CT molecular complexity index is 587. The monoisotopic (exact) mass is 303 g/mol. The van der Waals surface area contributed by atoms with Gasteiger partial charge in [-0.25, -0.2) is 0 Å². The summed E-state index contributed by atoms with van der Waals surface area (Å²) in [6.07, 6.45) is 2.82. The molecule has 0 aliphatic rings. The molecule has 0 aliphatic carbocycles. The second kappa shape index (κ2) is 7.38. The number of rotatable bonds is 6. The van der Waals surface area contributed by atoms with Crippen molar-refractivity contribution in [1.82, 2.24) is 0 Å². The third-order valence-electron chi connectivity index (χ3n) is 3.45. The van der Waals surface area contributed by atoms with Crippen LogP contribution in [0.15, 0.2) is 47.4 Å². The molecule has 2 N–H and O–H groups in total. The lowest BCUT2D eigenvalue weighted by molar-refractivity contribution is 0.353. The molecule has 0 saturated heterocycles. The summed E-state index contributed by atoms with van der Waals surface area (Å²) in [6.45, 7) is 0. The van der Waals surface area contributed by atoms with E-state index in [0.29, 0.717) is 0 Å². The van der Waals surface area contributed by atoms with E-state index < -0.39 is 0 Å². The van der Waals surface area contributed by atoms with Gasteiger partial charge in [-0.2, -0.15) is 0 Å². The molecule has 0 amide bonds. The summed E-state index contributed by atoms with van der Waals surface area (Å²) in [5, 5.41) is 0. The van der Waals surface area contributed by atoms with Crippen LogP contribution in [0.2, 0.25) is 0 Å². The number of hydrogen-bond donors (Lipinski definition) is 1. The van der Waals surface area contributed by atoms with Crippen LogP contribution in [0.25, 0.3) is 0 Å². The second-order valence-electron chi connectivity index (χ2n) is 4.74. The molecule has 0 fully saturated rings. The SMILES string of the molecule is COc1cc(CC(N)c2ccccc2)c(SC)cc1OC. The van der Waals surface area contributed by atoms with Crippen molar-refractivity contribution < 1.29 is 9.47 Å². The molecule has 0 radical (unpaired) electrons. The van der Waals surface area contributed by atoms with E-state index in [1.807, 2.05) is 30.3 Å². The standard InChI is InChI=1S/C17H21NO2S/c1-19-15-10-13(17(21-3)11-16(15)20-2)9-14(18)12-7-5-4-6-8-12/h4-8,10-11,14H,9,18H2,1-3H3. The lowest BCUT2D eigenvalue weighted by Gasteiger charge is -2.17. The van der Waals surface area contributed by atoms with E-state index in [1.54, 1.807) is 26.0 Å².